The number of ether oxygens (including phenoxy) is 3. The van der Waals surface area contributed by atoms with Gasteiger partial charge in [-0.3, -0.25) is 9.69 Å². The van der Waals surface area contributed by atoms with E-state index in [1.165, 1.54) is 27.9 Å². The summed E-state index contributed by atoms with van der Waals surface area (Å²) in [5.41, 5.74) is 13.6. The molecule has 0 spiro atoms. The number of carbonyl (C=O) groups is 1. The van der Waals surface area contributed by atoms with Crippen LogP contribution in [0.2, 0.25) is 0 Å². The van der Waals surface area contributed by atoms with Gasteiger partial charge in [-0.1, -0.05) is 40.7 Å². The minimum atomic E-state index is -0.438. The fourth-order valence-electron chi connectivity index (χ4n) is 9.55. The summed E-state index contributed by atoms with van der Waals surface area (Å²) in [4.78, 5) is 26.9. The second kappa shape index (κ2) is 21.1. The molecule has 5 aromatic heterocycles. The van der Waals surface area contributed by atoms with Crippen molar-refractivity contribution in [3.63, 3.8) is 0 Å². The molecule has 15 nitrogen and oxygen atoms in total. The van der Waals surface area contributed by atoms with Crippen molar-refractivity contribution >= 4 is 50.1 Å². The molecular formula is C53H57FN10O5S. The van der Waals surface area contributed by atoms with Gasteiger partial charge in [-0.05, 0) is 86.3 Å². The molecule has 0 N–H and O–H groups in total. The molecule has 0 atom stereocenters. The van der Waals surface area contributed by atoms with E-state index in [1.807, 2.05) is 32.5 Å². The van der Waals surface area contributed by atoms with Crippen molar-refractivity contribution in [3.8, 4) is 28.1 Å². The summed E-state index contributed by atoms with van der Waals surface area (Å²) < 4.78 is 44.4. The van der Waals surface area contributed by atoms with E-state index in [2.05, 4.69) is 101 Å². The molecule has 1 amide bonds. The highest BCUT2D eigenvalue weighted by molar-refractivity contribution is 7.07. The summed E-state index contributed by atoms with van der Waals surface area (Å²) in [5, 5.41) is 17.0. The van der Waals surface area contributed by atoms with Crippen molar-refractivity contribution in [3.05, 3.63) is 130 Å². The quantitative estimate of drug-likeness (QED) is 0.0675. The van der Waals surface area contributed by atoms with Gasteiger partial charge in [-0.25, -0.2) is 19.0 Å². The van der Waals surface area contributed by atoms with E-state index >= 15 is 4.39 Å². The van der Waals surface area contributed by atoms with Gasteiger partial charge >= 0.3 is 0 Å². The Morgan fingerprint density at radius 3 is 2.51 bits per heavy atom. The lowest BCUT2D eigenvalue weighted by Crippen LogP contribution is -2.38. The summed E-state index contributed by atoms with van der Waals surface area (Å²) >= 11 is 1.59. The first-order valence-electron chi connectivity index (χ1n) is 24.0. The monoisotopic (exact) mass is 964 g/mol. The molecule has 0 aliphatic carbocycles. The number of hydrogen-bond donors (Lipinski definition) is 0. The fourth-order valence-corrected chi connectivity index (χ4v) is 10.1. The number of nitrogens with zero attached hydrogens (tertiary/aromatic N) is 10. The van der Waals surface area contributed by atoms with Crippen LogP contribution in [0, 0.1) is 19.7 Å². The third-order valence-corrected chi connectivity index (χ3v) is 13.8. The Morgan fingerprint density at radius 2 is 1.71 bits per heavy atom. The third-order valence-electron chi connectivity index (χ3n) is 13.2. The molecule has 0 saturated carbocycles. The van der Waals surface area contributed by atoms with Crippen molar-refractivity contribution < 1.29 is 27.9 Å². The van der Waals surface area contributed by atoms with E-state index in [-0.39, 0.29) is 31.3 Å². The average Bonchev–Trinajstić information content (AvgIpc) is 4.23. The topological polar surface area (TPSA) is 144 Å². The van der Waals surface area contributed by atoms with Crippen LogP contribution in [-0.4, -0.2) is 108 Å². The van der Waals surface area contributed by atoms with E-state index in [9.17, 15) is 4.79 Å². The lowest BCUT2D eigenvalue weighted by Gasteiger charge is -2.27. The van der Waals surface area contributed by atoms with Gasteiger partial charge in [0, 0.05) is 91.0 Å². The Morgan fingerprint density at radius 1 is 0.871 bits per heavy atom. The number of benzene rings is 4. The van der Waals surface area contributed by atoms with Crippen LogP contribution in [0.3, 0.4) is 0 Å². The number of thiazole rings is 1. The van der Waals surface area contributed by atoms with Crippen LogP contribution < -0.4 is 4.74 Å². The van der Waals surface area contributed by atoms with Gasteiger partial charge in [0.25, 0.3) is 0 Å². The van der Waals surface area contributed by atoms with Crippen LogP contribution >= 0.6 is 11.3 Å². The number of morpholine rings is 1. The Labute approximate surface area is 409 Å². The van der Waals surface area contributed by atoms with Gasteiger partial charge in [0.2, 0.25) is 5.91 Å². The summed E-state index contributed by atoms with van der Waals surface area (Å²) in [5.74, 6) is 1.44. The van der Waals surface area contributed by atoms with Crippen molar-refractivity contribution in [1.82, 2.24) is 49.1 Å². The summed E-state index contributed by atoms with van der Waals surface area (Å²) in [6.45, 7) is 13.5. The van der Waals surface area contributed by atoms with Crippen LogP contribution in [0.1, 0.15) is 47.4 Å². The van der Waals surface area contributed by atoms with E-state index in [0.29, 0.717) is 38.2 Å². The molecule has 9 aromatic rings. The molecule has 1 aliphatic rings. The predicted octanol–water partition coefficient (Wildman–Crippen LogP) is 9.05. The summed E-state index contributed by atoms with van der Waals surface area (Å²) in [6.07, 6.45) is 3.26. The number of aryl methyl sites for hydroxylation is 5. The molecule has 4 aromatic carbocycles. The first-order chi connectivity index (χ1) is 34.2. The van der Waals surface area contributed by atoms with Crippen LogP contribution in [0.15, 0.2) is 94.4 Å². The number of aromatic nitrogens is 8. The highest BCUT2D eigenvalue weighted by atomic mass is 32.1. The maximum atomic E-state index is 15.5. The SMILES string of the molecule is CCn1c2ccc(CN(C)C(=O)CCOCCn3cc(COc4ccc(CCc5nc6cc(-c7c(C)noc7C)ccc6n5CCN5CCOCC5)cc4F)nn3)cc2c2ccc(-c3cscn3)cc21. The third kappa shape index (κ3) is 10.2. The highest BCUT2D eigenvalue weighted by Gasteiger charge is 2.19. The zero-order chi connectivity index (χ0) is 48.1. The second-order valence-electron chi connectivity index (χ2n) is 17.9. The molecule has 0 bridgehead atoms. The molecule has 1 saturated heterocycles. The number of hydrogen-bond acceptors (Lipinski definition) is 12. The van der Waals surface area contributed by atoms with E-state index < -0.39 is 5.82 Å². The Kier molecular flexibility index (Phi) is 14.1. The fraction of sp³-hybridized carbons (Fsp3) is 0.358. The molecule has 17 heteroatoms. The van der Waals surface area contributed by atoms with Crippen LogP contribution in [0.5, 0.6) is 5.75 Å². The summed E-state index contributed by atoms with van der Waals surface area (Å²) in [6, 6.07) is 24.4. The maximum absolute atomic E-state index is 15.5. The van der Waals surface area contributed by atoms with Crippen molar-refractivity contribution in [2.75, 3.05) is 53.1 Å². The number of imidazole rings is 1. The molecule has 1 fully saturated rings. The number of halogens is 1. The van der Waals surface area contributed by atoms with Gasteiger partial charge in [0.15, 0.2) is 11.6 Å². The second-order valence-corrected chi connectivity index (χ2v) is 18.6. The first kappa shape index (κ1) is 46.9. The lowest BCUT2D eigenvalue weighted by molar-refractivity contribution is -0.131. The molecular weight excluding hydrogens is 908 g/mol. The van der Waals surface area contributed by atoms with E-state index in [0.717, 1.165) is 108 Å². The van der Waals surface area contributed by atoms with Gasteiger partial charge < -0.3 is 32.8 Å². The maximum Gasteiger partial charge on any atom is 0.224 e. The number of amides is 1. The van der Waals surface area contributed by atoms with Crippen LogP contribution in [0.4, 0.5) is 4.39 Å². The van der Waals surface area contributed by atoms with Gasteiger partial charge in [0.05, 0.1) is 73.5 Å². The smallest absolute Gasteiger partial charge is 0.224 e. The largest absolute Gasteiger partial charge is 0.484 e. The minimum Gasteiger partial charge on any atom is -0.484 e. The van der Waals surface area contributed by atoms with Gasteiger partial charge in [-0.2, -0.15) is 0 Å². The first-order valence-corrected chi connectivity index (χ1v) is 24.9. The molecule has 0 radical (unpaired) electrons. The standard InChI is InChI=1S/C53H57FN10O5S/c1-5-63-47-12-6-38(26-43(47)42-11-9-39(29-49(42)63)46-33-70-34-55-46)30-60(4)52(65)16-22-66-25-21-62-31-41(57-59-62)32-68-50-14-7-37(27-44(50)54)8-15-51-56-45-28-40(53-35(2)58-69-36(53)3)10-13-48(45)64(51)18-17-61-19-23-67-24-20-61/h6-7,9-14,26-29,31,33-34H,5,8,15-25,30,32H2,1-4H3. The summed E-state index contributed by atoms with van der Waals surface area (Å²) in [7, 11) is 1.83. The Hall–Kier alpha value is -6.79. The molecule has 10 rings (SSSR count). The zero-order valence-electron chi connectivity index (χ0n) is 40.1. The minimum absolute atomic E-state index is 0.00418. The van der Waals surface area contributed by atoms with E-state index in [1.54, 1.807) is 33.2 Å². The van der Waals surface area contributed by atoms with Gasteiger partial charge in [0.1, 0.15) is 23.9 Å². The zero-order valence-corrected chi connectivity index (χ0v) is 40.9. The van der Waals surface area contributed by atoms with Crippen LogP contribution in [0.25, 0.3) is 55.2 Å². The Balaban J connectivity index is 0.683. The normalized spacial score (nSPS) is 13.3. The number of rotatable bonds is 20. The molecule has 70 heavy (non-hydrogen) atoms. The number of fused-ring (bicyclic) bond motifs is 4. The lowest BCUT2D eigenvalue weighted by atomic mass is 10.0. The van der Waals surface area contributed by atoms with E-state index in [4.69, 9.17) is 23.7 Å². The average molecular weight is 965 g/mol. The van der Waals surface area contributed by atoms with Crippen LogP contribution in [-0.2, 0) is 59.9 Å². The van der Waals surface area contributed by atoms with Crippen molar-refractivity contribution in [1.29, 1.82) is 0 Å². The Bertz CT molecular complexity index is 3240. The van der Waals surface area contributed by atoms with Crippen molar-refractivity contribution in [2.24, 2.45) is 0 Å². The molecule has 6 heterocycles. The van der Waals surface area contributed by atoms with Gasteiger partial charge in [-0.15, -0.1) is 16.4 Å². The number of carbonyl (C=O) groups excluding carboxylic acids is 1. The highest BCUT2D eigenvalue weighted by Crippen LogP contribution is 2.34. The molecule has 0 unspecified atom stereocenters. The van der Waals surface area contributed by atoms with Crippen molar-refractivity contribution in [2.45, 2.75) is 72.8 Å². The molecule has 1 aliphatic heterocycles. The predicted molar refractivity (Wildman–Crippen MR) is 268 cm³/mol. The molecule has 362 valence electrons.